The highest BCUT2D eigenvalue weighted by Gasteiger charge is 2.20. The first kappa shape index (κ1) is 15.7. The number of aromatic hydroxyl groups is 1. The van der Waals surface area contributed by atoms with E-state index in [4.69, 9.17) is 9.84 Å². The van der Waals surface area contributed by atoms with Gasteiger partial charge in [-0.15, -0.1) is 0 Å². The van der Waals surface area contributed by atoms with Crippen LogP contribution in [0.5, 0.6) is 5.75 Å². The Morgan fingerprint density at radius 3 is 2.67 bits per heavy atom. The maximum atomic E-state index is 13.2. The van der Waals surface area contributed by atoms with Crippen molar-refractivity contribution in [3.05, 3.63) is 29.6 Å². The molecule has 116 valence electrons. The van der Waals surface area contributed by atoms with Gasteiger partial charge in [0, 0.05) is 25.7 Å². The van der Waals surface area contributed by atoms with Crippen LogP contribution in [0.1, 0.15) is 24.8 Å². The molecule has 21 heavy (non-hydrogen) atoms. The van der Waals surface area contributed by atoms with Crippen molar-refractivity contribution in [3.8, 4) is 5.75 Å². The fraction of sp³-hybridized carbons (Fsp3) is 0.533. The van der Waals surface area contributed by atoms with E-state index in [0.717, 1.165) is 37.6 Å². The van der Waals surface area contributed by atoms with E-state index < -0.39 is 11.8 Å². The molecule has 2 rings (SSSR count). The van der Waals surface area contributed by atoms with Gasteiger partial charge in [-0.1, -0.05) is 0 Å². The van der Waals surface area contributed by atoms with Crippen LogP contribution in [-0.4, -0.2) is 46.9 Å². The molecule has 1 fully saturated rings. The molecule has 0 amide bonds. The lowest BCUT2D eigenvalue weighted by atomic mass is 10.1. The minimum atomic E-state index is -0.849. The van der Waals surface area contributed by atoms with Gasteiger partial charge in [-0.3, -0.25) is 9.69 Å². The van der Waals surface area contributed by atoms with Gasteiger partial charge in [-0.2, -0.15) is 0 Å². The molecule has 0 saturated carbocycles. The molecule has 0 radical (unpaired) electrons. The molecule has 0 atom stereocenters. The van der Waals surface area contributed by atoms with Gasteiger partial charge in [0.05, 0.1) is 19.1 Å². The number of carbonyl (C=O) groups is 1. The van der Waals surface area contributed by atoms with Gasteiger partial charge < -0.3 is 14.9 Å². The molecule has 0 aromatic heterocycles. The number of halogens is 1. The SMILES string of the molecule is O=C(O)CCOC1CCN(Cc2cc(O)cc(F)c2)CC1. The summed E-state index contributed by atoms with van der Waals surface area (Å²) in [6.07, 6.45) is 1.80. The maximum absolute atomic E-state index is 13.2. The molecular weight excluding hydrogens is 277 g/mol. The zero-order valence-corrected chi connectivity index (χ0v) is 11.8. The first-order valence-corrected chi connectivity index (χ1v) is 7.07. The lowest BCUT2D eigenvalue weighted by molar-refractivity contribution is -0.138. The summed E-state index contributed by atoms with van der Waals surface area (Å²) in [6.45, 7) is 2.47. The van der Waals surface area contributed by atoms with E-state index >= 15 is 0 Å². The molecule has 6 heteroatoms. The van der Waals surface area contributed by atoms with Crippen LogP contribution in [0.2, 0.25) is 0 Å². The number of aliphatic carboxylic acids is 1. The van der Waals surface area contributed by atoms with Gasteiger partial charge in [0.1, 0.15) is 11.6 Å². The highest BCUT2D eigenvalue weighted by molar-refractivity contribution is 5.66. The number of ether oxygens (including phenoxy) is 1. The van der Waals surface area contributed by atoms with E-state index in [0.29, 0.717) is 6.54 Å². The largest absolute Gasteiger partial charge is 0.508 e. The Labute approximate surface area is 122 Å². The van der Waals surface area contributed by atoms with Crippen LogP contribution in [0.4, 0.5) is 4.39 Å². The second-order valence-corrected chi connectivity index (χ2v) is 5.31. The molecule has 2 N–H and O–H groups in total. The number of likely N-dealkylation sites (tertiary alicyclic amines) is 1. The molecule has 0 aliphatic carbocycles. The molecule has 0 unspecified atom stereocenters. The lowest BCUT2D eigenvalue weighted by Gasteiger charge is -2.31. The Hall–Kier alpha value is -1.66. The minimum absolute atomic E-state index is 0.0305. The molecule has 1 aliphatic heterocycles. The monoisotopic (exact) mass is 297 g/mol. The standard InChI is InChI=1S/C15H20FNO4/c16-12-7-11(8-13(18)9-12)10-17-4-1-14(2-5-17)21-6-3-15(19)20/h7-9,14,18H,1-6,10H2,(H,19,20). The van der Waals surface area contributed by atoms with Crippen molar-refractivity contribution < 1.29 is 24.1 Å². The molecule has 1 aliphatic rings. The van der Waals surface area contributed by atoms with Gasteiger partial charge in [-0.05, 0) is 30.5 Å². The van der Waals surface area contributed by atoms with Gasteiger partial charge in [0.2, 0.25) is 0 Å². The number of phenolic OH excluding ortho intramolecular Hbond substituents is 1. The number of carboxylic acid groups (broad SMARTS) is 1. The van der Waals surface area contributed by atoms with Crippen LogP contribution in [0.3, 0.4) is 0 Å². The highest BCUT2D eigenvalue weighted by Crippen LogP contribution is 2.19. The van der Waals surface area contributed by atoms with Crippen LogP contribution in [0, 0.1) is 5.82 Å². The van der Waals surface area contributed by atoms with Crippen molar-refractivity contribution >= 4 is 5.97 Å². The van der Waals surface area contributed by atoms with Gasteiger partial charge in [-0.25, -0.2) is 4.39 Å². The zero-order chi connectivity index (χ0) is 15.2. The fourth-order valence-electron chi connectivity index (χ4n) is 2.53. The summed E-state index contributed by atoms with van der Waals surface area (Å²) >= 11 is 0. The summed E-state index contributed by atoms with van der Waals surface area (Å²) in [6, 6.07) is 4.08. The Bertz CT molecular complexity index is 466. The van der Waals surface area contributed by atoms with Crippen LogP contribution < -0.4 is 0 Å². The molecule has 1 saturated heterocycles. The van der Waals surface area contributed by atoms with E-state index in [9.17, 15) is 14.3 Å². The number of benzene rings is 1. The van der Waals surface area contributed by atoms with Crippen molar-refractivity contribution in [3.63, 3.8) is 0 Å². The molecule has 0 bridgehead atoms. The first-order chi connectivity index (χ1) is 10.0. The Morgan fingerprint density at radius 1 is 1.33 bits per heavy atom. The molecule has 1 heterocycles. The zero-order valence-electron chi connectivity index (χ0n) is 11.8. The molecule has 0 spiro atoms. The van der Waals surface area contributed by atoms with Gasteiger partial charge in [0.15, 0.2) is 0 Å². The Balaban J connectivity index is 1.75. The second kappa shape index (κ2) is 7.38. The van der Waals surface area contributed by atoms with E-state index in [2.05, 4.69) is 4.90 Å². The van der Waals surface area contributed by atoms with Crippen LogP contribution >= 0.6 is 0 Å². The number of hydrogen-bond acceptors (Lipinski definition) is 4. The third-order valence-electron chi connectivity index (χ3n) is 3.55. The summed E-state index contributed by atoms with van der Waals surface area (Å²) in [5.74, 6) is -1.34. The number of hydrogen-bond donors (Lipinski definition) is 2. The summed E-state index contributed by atoms with van der Waals surface area (Å²) in [7, 11) is 0. The number of phenols is 1. The van der Waals surface area contributed by atoms with E-state index in [1.807, 2.05) is 0 Å². The van der Waals surface area contributed by atoms with Crippen LogP contribution in [-0.2, 0) is 16.1 Å². The van der Waals surface area contributed by atoms with Crippen LogP contribution in [0.25, 0.3) is 0 Å². The van der Waals surface area contributed by atoms with Crippen molar-refractivity contribution in [1.29, 1.82) is 0 Å². The second-order valence-electron chi connectivity index (χ2n) is 5.31. The van der Waals surface area contributed by atoms with Gasteiger partial charge in [0.25, 0.3) is 0 Å². The smallest absolute Gasteiger partial charge is 0.305 e. The predicted octanol–water partition coefficient (Wildman–Crippen LogP) is 1.99. The molecule has 1 aromatic rings. The predicted molar refractivity (Wildman–Crippen MR) is 74.6 cm³/mol. The van der Waals surface area contributed by atoms with Crippen molar-refractivity contribution in [2.45, 2.75) is 31.9 Å². The highest BCUT2D eigenvalue weighted by atomic mass is 19.1. The Kier molecular flexibility index (Phi) is 5.52. The molecule has 5 nitrogen and oxygen atoms in total. The maximum Gasteiger partial charge on any atom is 0.305 e. The number of carboxylic acids is 1. The minimum Gasteiger partial charge on any atom is -0.508 e. The quantitative estimate of drug-likeness (QED) is 0.840. The summed E-state index contributed by atoms with van der Waals surface area (Å²) < 4.78 is 18.7. The van der Waals surface area contributed by atoms with E-state index in [-0.39, 0.29) is 24.9 Å². The third-order valence-corrected chi connectivity index (χ3v) is 3.55. The number of nitrogens with zero attached hydrogens (tertiary/aromatic N) is 1. The van der Waals surface area contributed by atoms with Crippen molar-refractivity contribution in [2.75, 3.05) is 19.7 Å². The first-order valence-electron chi connectivity index (χ1n) is 7.07. The average Bonchev–Trinajstić information content (AvgIpc) is 2.39. The summed E-state index contributed by atoms with van der Waals surface area (Å²) in [5.41, 5.74) is 0.748. The van der Waals surface area contributed by atoms with Crippen molar-refractivity contribution in [2.24, 2.45) is 0 Å². The number of rotatable bonds is 6. The Morgan fingerprint density at radius 2 is 2.05 bits per heavy atom. The third kappa shape index (κ3) is 5.32. The van der Waals surface area contributed by atoms with Crippen LogP contribution in [0.15, 0.2) is 18.2 Å². The number of piperidine rings is 1. The normalized spacial score (nSPS) is 17.0. The molecule has 1 aromatic carbocycles. The van der Waals surface area contributed by atoms with E-state index in [1.165, 1.54) is 6.07 Å². The topological polar surface area (TPSA) is 70.0 Å². The summed E-state index contributed by atoms with van der Waals surface area (Å²) in [5, 5.41) is 17.9. The average molecular weight is 297 g/mol. The van der Waals surface area contributed by atoms with Crippen molar-refractivity contribution in [1.82, 2.24) is 4.90 Å². The lowest BCUT2D eigenvalue weighted by Crippen LogP contribution is -2.36. The van der Waals surface area contributed by atoms with E-state index in [1.54, 1.807) is 6.07 Å². The fourth-order valence-corrected chi connectivity index (χ4v) is 2.53. The summed E-state index contributed by atoms with van der Waals surface area (Å²) in [4.78, 5) is 12.6. The molecular formula is C15H20FNO4. The van der Waals surface area contributed by atoms with Gasteiger partial charge >= 0.3 is 5.97 Å².